The molecule has 0 unspecified atom stereocenters. The minimum absolute atomic E-state index is 0.188. The first-order chi connectivity index (χ1) is 8.71. The van der Waals surface area contributed by atoms with Gasteiger partial charge in [0.05, 0.1) is 13.3 Å². The van der Waals surface area contributed by atoms with E-state index in [-0.39, 0.29) is 5.78 Å². The van der Waals surface area contributed by atoms with Crippen LogP contribution in [0, 0.1) is 11.8 Å². The summed E-state index contributed by atoms with van der Waals surface area (Å²) < 4.78 is 25.8. The largest absolute Gasteiger partial charge is 0.299 e. The number of carbonyl (C=O) groups is 1. The van der Waals surface area contributed by atoms with Crippen LogP contribution in [-0.2, 0) is 4.79 Å². The van der Waals surface area contributed by atoms with Gasteiger partial charge in [-0.15, -0.1) is 0 Å². The number of hydrogen-bond acceptors (Lipinski definition) is 1. The Morgan fingerprint density at radius 1 is 0.833 bits per heavy atom. The minimum atomic E-state index is -0.632. The molecule has 0 aromatic rings. The van der Waals surface area contributed by atoms with E-state index in [0.29, 0.717) is 12.8 Å². The minimum Gasteiger partial charge on any atom is -0.299 e. The Morgan fingerprint density at radius 2 is 1.22 bits per heavy atom. The summed E-state index contributed by atoms with van der Waals surface area (Å²) in [6.45, 7) is 2.88. The number of carbonyl (C=O) groups excluding carboxylic acids is 1. The van der Waals surface area contributed by atoms with E-state index in [4.69, 9.17) is 0 Å². The maximum Gasteiger partial charge on any atom is 0.144 e. The van der Waals surface area contributed by atoms with Crippen LogP contribution in [0.2, 0.25) is 0 Å². The van der Waals surface area contributed by atoms with Gasteiger partial charge in [0.2, 0.25) is 0 Å². The van der Waals surface area contributed by atoms with Crippen molar-refractivity contribution in [1.82, 2.24) is 0 Å². The lowest BCUT2D eigenvalue weighted by Gasteiger charge is -2.18. The molecule has 0 saturated heterocycles. The molecule has 0 bridgehead atoms. The normalized spacial score (nSPS) is 14.4. The van der Waals surface area contributed by atoms with E-state index in [1.54, 1.807) is 0 Å². The first kappa shape index (κ1) is 17.5. The van der Waals surface area contributed by atoms with Gasteiger partial charge in [0, 0.05) is 11.8 Å². The summed E-state index contributed by atoms with van der Waals surface area (Å²) >= 11 is 0. The molecular formula is C15H28F2O. The fourth-order valence-electron chi connectivity index (χ4n) is 2.21. The van der Waals surface area contributed by atoms with E-state index in [0.717, 1.165) is 38.5 Å². The van der Waals surface area contributed by atoms with Crippen LogP contribution in [0.1, 0.15) is 65.2 Å². The number of hydrogen-bond donors (Lipinski definition) is 0. The van der Waals surface area contributed by atoms with Crippen LogP contribution >= 0.6 is 0 Å². The fourth-order valence-corrected chi connectivity index (χ4v) is 2.21. The molecule has 0 N–H and O–H groups in total. The molecule has 0 amide bonds. The van der Waals surface area contributed by atoms with Crippen molar-refractivity contribution in [2.45, 2.75) is 65.2 Å². The van der Waals surface area contributed by atoms with E-state index >= 15 is 0 Å². The molecule has 3 heteroatoms. The van der Waals surface area contributed by atoms with E-state index < -0.39 is 25.2 Å². The molecule has 1 nitrogen and oxygen atoms in total. The number of Topliss-reactive ketones (excluding diaryl/α,β-unsaturated/α-hetero) is 1. The van der Waals surface area contributed by atoms with E-state index in [1.807, 2.05) is 0 Å². The third-order valence-electron chi connectivity index (χ3n) is 3.49. The second-order valence-corrected chi connectivity index (χ2v) is 5.10. The molecule has 0 aromatic heterocycles. The predicted octanol–water partition coefficient (Wildman–Crippen LogP) is 4.89. The van der Waals surface area contributed by atoms with E-state index in [2.05, 4.69) is 13.8 Å². The molecule has 0 radical (unpaired) electrons. The third kappa shape index (κ3) is 7.07. The van der Waals surface area contributed by atoms with Gasteiger partial charge in [-0.3, -0.25) is 13.6 Å². The van der Waals surface area contributed by atoms with Crippen molar-refractivity contribution < 1.29 is 13.6 Å². The van der Waals surface area contributed by atoms with Crippen molar-refractivity contribution in [3.05, 3.63) is 0 Å². The van der Waals surface area contributed by atoms with Gasteiger partial charge < -0.3 is 0 Å². The average Bonchev–Trinajstić information content (AvgIpc) is 2.39. The SMILES string of the molecule is CCCCC[C@H](CF)C(=O)[C@@H](CF)CCCCC. The van der Waals surface area contributed by atoms with Gasteiger partial charge in [0.15, 0.2) is 0 Å². The molecule has 0 spiro atoms. The Morgan fingerprint density at radius 3 is 1.50 bits per heavy atom. The second kappa shape index (κ2) is 11.6. The van der Waals surface area contributed by atoms with Crippen molar-refractivity contribution in [2.24, 2.45) is 11.8 Å². The average molecular weight is 262 g/mol. The summed E-state index contributed by atoms with van der Waals surface area (Å²) in [5, 5.41) is 0. The number of rotatable bonds is 12. The molecule has 108 valence electrons. The van der Waals surface area contributed by atoms with E-state index in [1.165, 1.54) is 0 Å². The maximum atomic E-state index is 12.9. The molecule has 0 heterocycles. The lowest BCUT2D eigenvalue weighted by molar-refractivity contribution is -0.128. The van der Waals surface area contributed by atoms with Crippen LogP contribution in [-0.4, -0.2) is 19.1 Å². The van der Waals surface area contributed by atoms with Crippen molar-refractivity contribution >= 4 is 5.78 Å². The molecule has 0 aliphatic heterocycles. The van der Waals surface area contributed by atoms with Gasteiger partial charge >= 0.3 is 0 Å². The Labute approximate surface area is 110 Å². The van der Waals surface area contributed by atoms with Gasteiger partial charge in [-0.25, -0.2) is 0 Å². The highest BCUT2D eigenvalue weighted by Crippen LogP contribution is 2.21. The van der Waals surface area contributed by atoms with Gasteiger partial charge in [-0.1, -0.05) is 52.4 Å². The number of ketones is 1. The highest BCUT2D eigenvalue weighted by atomic mass is 19.1. The van der Waals surface area contributed by atoms with Crippen molar-refractivity contribution in [2.75, 3.05) is 13.3 Å². The summed E-state index contributed by atoms with van der Waals surface area (Å²) in [5.74, 6) is -1.33. The standard InChI is InChI=1S/C15H28F2O/c1-3-5-7-9-13(11-16)15(18)14(12-17)10-8-6-4-2/h13-14H,3-12H2,1-2H3/t13-,14-/m1/s1. The predicted molar refractivity (Wildman–Crippen MR) is 72.2 cm³/mol. The Balaban J connectivity index is 4.16. The zero-order valence-electron chi connectivity index (χ0n) is 11.9. The third-order valence-corrected chi connectivity index (χ3v) is 3.49. The molecule has 0 saturated carbocycles. The highest BCUT2D eigenvalue weighted by molar-refractivity contribution is 5.83. The zero-order chi connectivity index (χ0) is 13.8. The lowest BCUT2D eigenvalue weighted by atomic mass is 9.87. The summed E-state index contributed by atoms with van der Waals surface area (Å²) in [5.41, 5.74) is 0. The molecule has 0 rings (SSSR count). The zero-order valence-corrected chi connectivity index (χ0v) is 11.9. The Bertz CT molecular complexity index is 187. The van der Waals surface area contributed by atoms with Crippen LogP contribution in [0.25, 0.3) is 0 Å². The molecule has 0 fully saturated rings. The van der Waals surface area contributed by atoms with Gasteiger partial charge in [0.1, 0.15) is 5.78 Å². The summed E-state index contributed by atoms with van der Waals surface area (Å²) in [7, 11) is 0. The molecular weight excluding hydrogens is 234 g/mol. The van der Waals surface area contributed by atoms with E-state index in [9.17, 15) is 13.6 Å². The molecule has 18 heavy (non-hydrogen) atoms. The first-order valence-corrected chi connectivity index (χ1v) is 7.36. The van der Waals surface area contributed by atoms with Crippen molar-refractivity contribution in [3.63, 3.8) is 0 Å². The molecule has 0 aliphatic carbocycles. The summed E-state index contributed by atoms with van der Waals surface area (Å²) in [6, 6.07) is 0. The molecule has 0 aliphatic rings. The van der Waals surface area contributed by atoms with Gasteiger partial charge in [0.25, 0.3) is 0 Å². The van der Waals surface area contributed by atoms with Gasteiger partial charge in [-0.2, -0.15) is 0 Å². The van der Waals surface area contributed by atoms with Crippen LogP contribution in [0.15, 0.2) is 0 Å². The smallest absolute Gasteiger partial charge is 0.144 e. The maximum absolute atomic E-state index is 12.9. The Hall–Kier alpha value is -0.470. The van der Waals surface area contributed by atoms with Gasteiger partial charge in [-0.05, 0) is 12.8 Å². The highest BCUT2D eigenvalue weighted by Gasteiger charge is 2.26. The van der Waals surface area contributed by atoms with Crippen LogP contribution in [0.3, 0.4) is 0 Å². The summed E-state index contributed by atoms with van der Waals surface area (Å²) in [6.07, 6.45) is 7.02. The first-order valence-electron chi connectivity index (χ1n) is 7.36. The quantitative estimate of drug-likeness (QED) is 0.458. The fraction of sp³-hybridized carbons (Fsp3) is 0.933. The van der Waals surface area contributed by atoms with Crippen molar-refractivity contribution in [1.29, 1.82) is 0 Å². The van der Waals surface area contributed by atoms with Crippen LogP contribution in [0.5, 0.6) is 0 Å². The number of halogens is 2. The second-order valence-electron chi connectivity index (χ2n) is 5.10. The Kier molecular flexibility index (Phi) is 11.3. The van der Waals surface area contributed by atoms with Crippen LogP contribution in [0.4, 0.5) is 8.78 Å². The topological polar surface area (TPSA) is 17.1 Å². The molecule has 2 atom stereocenters. The molecule has 0 aromatic carbocycles. The monoisotopic (exact) mass is 262 g/mol. The lowest BCUT2D eigenvalue weighted by Crippen LogP contribution is -2.26. The summed E-state index contributed by atoms with van der Waals surface area (Å²) in [4.78, 5) is 12.0. The van der Waals surface area contributed by atoms with Crippen molar-refractivity contribution in [3.8, 4) is 0 Å². The van der Waals surface area contributed by atoms with Crippen LogP contribution < -0.4 is 0 Å². The number of unbranched alkanes of at least 4 members (excludes halogenated alkanes) is 4. The number of alkyl halides is 2.